The van der Waals surface area contributed by atoms with Crippen LogP contribution in [0, 0.1) is 0 Å². The first-order valence-electron chi connectivity index (χ1n) is 8.23. The summed E-state index contributed by atoms with van der Waals surface area (Å²) >= 11 is 1.32. The second-order valence-corrected chi connectivity index (χ2v) is 6.55. The number of benzene rings is 1. The molecule has 0 bridgehead atoms. The van der Waals surface area contributed by atoms with Crippen molar-refractivity contribution in [3.8, 4) is 0 Å². The van der Waals surface area contributed by atoms with Crippen molar-refractivity contribution in [1.29, 1.82) is 0 Å². The Bertz CT molecular complexity index is 507. The number of thioether (sulfide) groups is 1. The van der Waals surface area contributed by atoms with Crippen LogP contribution in [0.25, 0.3) is 0 Å². The number of hydrogen-bond donors (Lipinski definition) is 2. The van der Waals surface area contributed by atoms with Crippen LogP contribution in [0.15, 0.2) is 30.3 Å². The molecule has 0 aromatic heterocycles. The fraction of sp³-hybridized carbons (Fsp3) is 0.529. The van der Waals surface area contributed by atoms with Gasteiger partial charge in [-0.3, -0.25) is 14.5 Å². The molecule has 7 heteroatoms. The van der Waals surface area contributed by atoms with Gasteiger partial charge in [0.25, 0.3) is 0 Å². The molecule has 1 aromatic carbocycles. The number of rotatable bonds is 9. The van der Waals surface area contributed by atoms with Crippen LogP contribution < -0.4 is 10.6 Å². The second kappa shape index (κ2) is 11.1. The van der Waals surface area contributed by atoms with Crippen molar-refractivity contribution in [1.82, 2.24) is 10.2 Å². The molecule has 1 aliphatic heterocycles. The van der Waals surface area contributed by atoms with Gasteiger partial charge in [0.1, 0.15) is 0 Å². The average molecular weight is 351 g/mol. The van der Waals surface area contributed by atoms with Gasteiger partial charge in [-0.05, 0) is 25.1 Å². The van der Waals surface area contributed by atoms with E-state index in [0.29, 0.717) is 12.3 Å². The maximum Gasteiger partial charge on any atom is 0.234 e. The van der Waals surface area contributed by atoms with E-state index in [0.717, 1.165) is 45.0 Å². The Balaban J connectivity index is 1.48. The number of ether oxygens (including phenoxy) is 1. The summed E-state index contributed by atoms with van der Waals surface area (Å²) in [6, 6.07) is 9.31. The molecule has 0 radical (unpaired) electrons. The summed E-state index contributed by atoms with van der Waals surface area (Å²) < 4.78 is 5.30. The summed E-state index contributed by atoms with van der Waals surface area (Å²) in [5.74, 6) is 0.469. The van der Waals surface area contributed by atoms with Crippen LogP contribution in [-0.4, -0.2) is 67.6 Å². The van der Waals surface area contributed by atoms with Crippen LogP contribution in [0.3, 0.4) is 0 Å². The molecular formula is C17H25N3O3S. The molecule has 2 amide bonds. The highest BCUT2D eigenvalue weighted by Gasteiger charge is 2.10. The van der Waals surface area contributed by atoms with Gasteiger partial charge in [0.2, 0.25) is 11.8 Å². The molecule has 2 N–H and O–H groups in total. The van der Waals surface area contributed by atoms with Crippen LogP contribution in [-0.2, 0) is 14.3 Å². The zero-order valence-electron chi connectivity index (χ0n) is 13.8. The molecule has 0 aliphatic carbocycles. The monoisotopic (exact) mass is 351 g/mol. The SMILES string of the molecule is O=C(CSCC(=O)Nc1ccccc1)NCCCN1CCOCC1. The Hall–Kier alpha value is -1.57. The number of carbonyl (C=O) groups excluding carboxylic acids is 2. The number of morpholine rings is 1. The zero-order chi connectivity index (χ0) is 17.0. The largest absolute Gasteiger partial charge is 0.379 e. The van der Waals surface area contributed by atoms with E-state index in [4.69, 9.17) is 4.74 Å². The van der Waals surface area contributed by atoms with E-state index in [1.807, 2.05) is 30.3 Å². The number of hydrogen-bond acceptors (Lipinski definition) is 5. The van der Waals surface area contributed by atoms with E-state index in [2.05, 4.69) is 15.5 Å². The lowest BCUT2D eigenvalue weighted by Crippen LogP contribution is -2.38. The molecule has 1 aliphatic rings. The molecule has 24 heavy (non-hydrogen) atoms. The van der Waals surface area contributed by atoms with Crippen LogP contribution >= 0.6 is 11.8 Å². The lowest BCUT2D eigenvalue weighted by molar-refractivity contribution is -0.118. The van der Waals surface area contributed by atoms with E-state index in [-0.39, 0.29) is 17.6 Å². The van der Waals surface area contributed by atoms with E-state index >= 15 is 0 Å². The second-order valence-electron chi connectivity index (χ2n) is 5.56. The lowest BCUT2D eigenvalue weighted by atomic mass is 10.3. The summed E-state index contributed by atoms with van der Waals surface area (Å²) in [5.41, 5.74) is 0.774. The molecule has 2 rings (SSSR count). The Kier molecular flexibility index (Phi) is 8.65. The van der Waals surface area contributed by atoms with Crippen LogP contribution in [0.1, 0.15) is 6.42 Å². The third-order valence-corrected chi connectivity index (χ3v) is 4.53. The molecule has 1 aromatic rings. The first-order valence-corrected chi connectivity index (χ1v) is 9.39. The number of para-hydroxylation sites is 1. The summed E-state index contributed by atoms with van der Waals surface area (Å²) in [7, 11) is 0. The van der Waals surface area contributed by atoms with Crippen LogP contribution in [0.2, 0.25) is 0 Å². The minimum Gasteiger partial charge on any atom is -0.379 e. The summed E-state index contributed by atoms with van der Waals surface area (Å²) in [4.78, 5) is 25.8. The Labute approximate surface area is 147 Å². The van der Waals surface area contributed by atoms with Gasteiger partial charge in [-0.25, -0.2) is 0 Å². The molecule has 132 valence electrons. The highest BCUT2D eigenvalue weighted by atomic mass is 32.2. The van der Waals surface area contributed by atoms with Crippen molar-refractivity contribution in [2.24, 2.45) is 0 Å². The molecule has 0 unspecified atom stereocenters. The third-order valence-electron chi connectivity index (χ3n) is 3.60. The Morgan fingerprint density at radius 1 is 1.08 bits per heavy atom. The van der Waals surface area contributed by atoms with Crippen molar-refractivity contribution in [3.05, 3.63) is 30.3 Å². The van der Waals surface area contributed by atoms with Gasteiger partial charge in [-0.1, -0.05) is 18.2 Å². The van der Waals surface area contributed by atoms with Gasteiger partial charge >= 0.3 is 0 Å². The minimum atomic E-state index is -0.0914. The molecule has 1 saturated heterocycles. The van der Waals surface area contributed by atoms with E-state index in [9.17, 15) is 9.59 Å². The van der Waals surface area contributed by atoms with Crippen molar-refractivity contribution < 1.29 is 14.3 Å². The fourth-order valence-corrected chi connectivity index (χ4v) is 3.01. The number of nitrogens with zero attached hydrogens (tertiary/aromatic N) is 1. The van der Waals surface area contributed by atoms with Gasteiger partial charge in [0, 0.05) is 25.3 Å². The summed E-state index contributed by atoms with van der Waals surface area (Å²) in [6.45, 7) is 5.20. The minimum absolute atomic E-state index is 0.0190. The van der Waals surface area contributed by atoms with Gasteiger partial charge < -0.3 is 15.4 Å². The third kappa shape index (κ3) is 7.81. The Morgan fingerprint density at radius 2 is 1.79 bits per heavy atom. The Morgan fingerprint density at radius 3 is 2.54 bits per heavy atom. The topological polar surface area (TPSA) is 70.7 Å². The van der Waals surface area contributed by atoms with Gasteiger partial charge in [-0.15, -0.1) is 11.8 Å². The molecule has 1 fully saturated rings. The first kappa shape index (κ1) is 18.8. The van der Waals surface area contributed by atoms with Gasteiger partial charge in [0.05, 0.1) is 24.7 Å². The van der Waals surface area contributed by atoms with Crippen molar-refractivity contribution in [3.63, 3.8) is 0 Å². The molecular weight excluding hydrogens is 326 g/mol. The number of anilines is 1. The number of carbonyl (C=O) groups is 2. The molecule has 6 nitrogen and oxygen atoms in total. The predicted octanol–water partition coefficient (Wildman–Crippen LogP) is 1.20. The number of amides is 2. The molecule has 0 spiro atoms. The zero-order valence-corrected chi connectivity index (χ0v) is 14.6. The fourth-order valence-electron chi connectivity index (χ4n) is 2.36. The highest BCUT2D eigenvalue weighted by Crippen LogP contribution is 2.07. The maximum absolute atomic E-state index is 11.7. The normalized spacial score (nSPS) is 15.0. The van der Waals surface area contributed by atoms with E-state index in [1.54, 1.807) is 0 Å². The van der Waals surface area contributed by atoms with Crippen LogP contribution in [0.5, 0.6) is 0 Å². The maximum atomic E-state index is 11.7. The summed E-state index contributed by atoms with van der Waals surface area (Å²) in [5, 5.41) is 5.69. The lowest BCUT2D eigenvalue weighted by Gasteiger charge is -2.26. The summed E-state index contributed by atoms with van der Waals surface area (Å²) in [6.07, 6.45) is 0.935. The quantitative estimate of drug-likeness (QED) is 0.654. The van der Waals surface area contributed by atoms with Crippen LogP contribution in [0.4, 0.5) is 5.69 Å². The van der Waals surface area contributed by atoms with Crippen molar-refractivity contribution >= 4 is 29.3 Å². The smallest absolute Gasteiger partial charge is 0.234 e. The van der Waals surface area contributed by atoms with E-state index < -0.39 is 0 Å². The molecule has 0 atom stereocenters. The predicted molar refractivity (Wildman–Crippen MR) is 97.3 cm³/mol. The molecule has 1 heterocycles. The van der Waals surface area contributed by atoms with Gasteiger partial charge in [-0.2, -0.15) is 0 Å². The first-order chi connectivity index (χ1) is 11.7. The van der Waals surface area contributed by atoms with Gasteiger partial charge in [0.15, 0.2) is 0 Å². The average Bonchev–Trinajstić information content (AvgIpc) is 2.60. The highest BCUT2D eigenvalue weighted by molar-refractivity contribution is 8.00. The van der Waals surface area contributed by atoms with E-state index in [1.165, 1.54) is 11.8 Å². The molecule has 0 saturated carbocycles. The number of nitrogens with one attached hydrogen (secondary N) is 2. The van der Waals surface area contributed by atoms with Crippen molar-refractivity contribution in [2.75, 3.05) is 56.2 Å². The standard InChI is InChI=1S/C17H25N3O3S/c21-16(18-7-4-8-20-9-11-23-12-10-20)13-24-14-17(22)19-15-5-2-1-3-6-15/h1-3,5-6H,4,7-14H2,(H,18,21)(H,19,22). The van der Waals surface area contributed by atoms with Crippen molar-refractivity contribution in [2.45, 2.75) is 6.42 Å².